The molecule has 24 heavy (non-hydrogen) atoms. The molecule has 5 saturated carbocycles. The Hall–Kier alpha value is -1.32. The quantitative estimate of drug-likeness (QED) is 0.685. The van der Waals surface area contributed by atoms with E-state index in [0.717, 1.165) is 51.4 Å². The fourth-order valence-electron chi connectivity index (χ4n) is 6.78. The van der Waals surface area contributed by atoms with Crippen molar-refractivity contribution in [1.82, 2.24) is 0 Å². The Morgan fingerprint density at radius 3 is 0.833 bits per heavy atom. The number of Topliss-reactive ketones (excluding diaryl/α,β-unsaturated/α-hetero) is 4. The molecule has 4 nitrogen and oxygen atoms in total. The monoisotopic (exact) mass is 328 g/mol. The topological polar surface area (TPSA) is 68.3 Å². The highest BCUT2D eigenvalue weighted by Crippen LogP contribution is 2.60. The SMILES string of the molecule is O=C1C2CCCCC2C(=O)C2C1C1C(=O)C3CCCCC3C(=O)C21. The van der Waals surface area contributed by atoms with Gasteiger partial charge in [0.15, 0.2) is 0 Å². The van der Waals surface area contributed by atoms with Gasteiger partial charge in [-0.05, 0) is 25.7 Å². The van der Waals surface area contributed by atoms with E-state index in [1.807, 2.05) is 0 Å². The summed E-state index contributed by atoms with van der Waals surface area (Å²) < 4.78 is 0. The lowest BCUT2D eigenvalue weighted by Gasteiger charge is -2.59. The third-order valence-corrected chi connectivity index (χ3v) is 7.86. The zero-order chi connectivity index (χ0) is 16.6. The van der Waals surface area contributed by atoms with E-state index in [2.05, 4.69) is 0 Å². The van der Waals surface area contributed by atoms with E-state index in [-0.39, 0.29) is 46.8 Å². The average Bonchev–Trinajstić information content (AvgIpc) is 2.58. The van der Waals surface area contributed by atoms with E-state index in [1.165, 1.54) is 0 Å². The first kappa shape index (κ1) is 15.0. The Balaban J connectivity index is 1.52. The van der Waals surface area contributed by atoms with Crippen LogP contribution in [0.2, 0.25) is 0 Å². The lowest BCUT2D eigenvalue weighted by atomic mass is 9.40. The Labute approximate surface area is 141 Å². The smallest absolute Gasteiger partial charge is 0.141 e. The molecule has 4 atom stereocenters. The summed E-state index contributed by atoms with van der Waals surface area (Å²) in [5, 5.41) is 0. The van der Waals surface area contributed by atoms with Crippen molar-refractivity contribution in [1.29, 1.82) is 0 Å². The van der Waals surface area contributed by atoms with E-state index in [0.29, 0.717) is 0 Å². The maximum Gasteiger partial charge on any atom is 0.141 e. The molecule has 5 aliphatic rings. The minimum Gasteiger partial charge on any atom is -0.299 e. The van der Waals surface area contributed by atoms with E-state index in [1.54, 1.807) is 0 Å². The van der Waals surface area contributed by atoms with Gasteiger partial charge in [0.05, 0.1) is 0 Å². The first-order valence-electron chi connectivity index (χ1n) is 9.76. The highest BCUT2D eigenvalue weighted by molar-refractivity contribution is 6.12. The molecule has 0 aromatic rings. The van der Waals surface area contributed by atoms with E-state index >= 15 is 0 Å². The molecular formula is C20H24O4. The second kappa shape index (κ2) is 5.09. The molecule has 0 heterocycles. The number of carbonyl (C=O) groups excluding carboxylic acids is 4. The summed E-state index contributed by atoms with van der Waals surface area (Å²) in [7, 11) is 0. The van der Waals surface area contributed by atoms with Crippen LogP contribution in [0, 0.1) is 47.3 Å². The van der Waals surface area contributed by atoms with Crippen molar-refractivity contribution >= 4 is 23.1 Å². The number of fused-ring (bicyclic) bond motifs is 6. The maximum atomic E-state index is 13.0. The summed E-state index contributed by atoms with van der Waals surface area (Å²) in [5.41, 5.74) is 0. The molecule has 0 spiro atoms. The Kier molecular flexibility index (Phi) is 3.18. The van der Waals surface area contributed by atoms with Crippen molar-refractivity contribution < 1.29 is 19.2 Å². The second-order valence-corrected chi connectivity index (χ2v) is 8.71. The van der Waals surface area contributed by atoms with Gasteiger partial charge in [-0.2, -0.15) is 0 Å². The van der Waals surface area contributed by atoms with Crippen LogP contribution in [0.4, 0.5) is 0 Å². The largest absolute Gasteiger partial charge is 0.299 e. The summed E-state index contributed by atoms with van der Waals surface area (Å²) in [5.74, 6) is -1.93. The molecule has 0 amide bonds. The van der Waals surface area contributed by atoms with Gasteiger partial charge in [-0.1, -0.05) is 25.7 Å². The third-order valence-electron chi connectivity index (χ3n) is 7.86. The van der Waals surface area contributed by atoms with Crippen LogP contribution in [0.15, 0.2) is 0 Å². The molecule has 5 rings (SSSR count). The number of rotatable bonds is 0. The summed E-state index contributed by atoms with van der Waals surface area (Å²) >= 11 is 0. The predicted molar refractivity (Wildman–Crippen MR) is 84.9 cm³/mol. The highest BCUT2D eigenvalue weighted by atomic mass is 16.2. The van der Waals surface area contributed by atoms with Crippen LogP contribution < -0.4 is 0 Å². The van der Waals surface area contributed by atoms with Crippen LogP contribution in [0.3, 0.4) is 0 Å². The molecule has 0 aromatic heterocycles. The molecule has 0 bridgehead atoms. The minimum atomic E-state index is -0.457. The van der Waals surface area contributed by atoms with Crippen molar-refractivity contribution in [2.45, 2.75) is 51.4 Å². The number of ketones is 4. The number of hydrogen-bond donors (Lipinski definition) is 0. The van der Waals surface area contributed by atoms with Crippen LogP contribution in [-0.2, 0) is 19.2 Å². The average molecular weight is 328 g/mol. The van der Waals surface area contributed by atoms with Crippen molar-refractivity contribution in [3.63, 3.8) is 0 Å². The van der Waals surface area contributed by atoms with Gasteiger partial charge < -0.3 is 0 Å². The van der Waals surface area contributed by atoms with Crippen molar-refractivity contribution in [3.8, 4) is 0 Å². The van der Waals surface area contributed by atoms with Gasteiger partial charge in [-0.3, -0.25) is 19.2 Å². The van der Waals surface area contributed by atoms with Gasteiger partial charge in [0.2, 0.25) is 0 Å². The van der Waals surface area contributed by atoms with Gasteiger partial charge in [0.25, 0.3) is 0 Å². The van der Waals surface area contributed by atoms with Crippen LogP contribution >= 0.6 is 0 Å². The normalized spacial score (nSPS) is 50.3. The van der Waals surface area contributed by atoms with Gasteiger partial charge in [0.1, 0.15) is 23.1 Å². The van der Waals surface area contributed by atoms with Crippen LogP contribution in [0.5, 0.6) is 0 Å². The van der Waals surface area contributed by atoms with Gasteiger partial charge in [0, 0.05) is 47.3 Å². The Morgan fingerprint density at radius 1 is 0.417 bits per heavy atom. The van der Waals surface area contributed by atoms with Crippen molar-refractivity contribution in [2.24, 2.45) is 47.3 Å². The summed E-state index contributed by atoms with van der Waals surface area (Å²) in [4.78, 5) is 52.1. The number of carbonyl (C=O) groups is 4. The third kappa shape index (κ3) is 1.70. The molecule has 0 aromatic carbocycles. The van der Waals surface area contributed by atoms with E-state index < -0.39 is 23.7 Å². The summed E-state index contributed by atoms with van der Waals surface area (Å²) in [6, 6.07) is 0. The molecule has 4 heteroatoms. The Bertz CT molecular complexity index is 530. The molecule has 0 radical (unpaired) electrons. The molecule has 4 unspecified atom stereocenters. The first-order valence-corrected chi connectivity index (χ1v) is 9.76. The maximum absolute atomic E-state index is 13.0. The molecular weight excluding hydrogens is 304 g/mol. The zero-order valence-electron chi connectivity index (χ0n) is 13.9. The number of hydrogen-bond acceptors (Lipinski definition) is 4. The van der Waals surface area contributed by atoms with Crippen molar-refractivity contribution in [3.05, 3.63) is 0 Å². The fourth-order valence-corrected chi connectivity index (χ4v) is 6.78. The fraction of sp³-hybridized carbons (Fsp3) is 0.800. The Morgan fingerprint density at radius 2 is 0.625 bits per heavy atom. The van der Waals surface area contributed by atoms with Gasteiger partial charge >= 0.3 is 0 Å². The van der Waals surface area contributed by atoms with E-state index in [4.69, 9.17) is 0 Å². The first-order chi connectivity index (χ1) is 11.6. The molecule has 128 valence electrons. The predicted octanol–water partition coefficient (Wildman–Crippen LogP) is 2.38. The summed E-state index contributed by atoms with van der Waals surface area (Å²) in [6.07, 6.45) is 7.20. The van der Waals surface area contributed by atoms with Gasteiger partial charge in [-0.25, -0.2) is 0 Å². The molecule has 0 N–H and O–H groups in total. The molecule has 5 aliphatic carbocycles. The molecule has 0 aliphatic heterocycles. The lowest BCUT2D eigenvalue weighted by Crippen LogP contribution is -2.70. The second-order valence-electron chi connectivity index (χ2n) is 8.71. The van der Waals surface area contributed by atoms with Crippen molar-refractivity contribution in [2.75, 3.05) is 0 Å². The lowest BCUT2D eigenvalue weighted by molar-refractivity contribution is -0.185. The molecule has 0 saturated heterocycles. The zero-order valence-corrected chi connectivity index (χ0v) is 13.9. The van der Waals surface area contributed by atoms with Crippen LogP contribution in [0.1, 0.15) is 51.4 Å². The minimum absolute atomic E-state index is 0.140. The van der Waals surface area contributed by atoms with Crippen LogP contribution in [-0.4, -0.2) is 23.1 Å². The molecule has 5 fully saturated rings. The van der Waals surface area contributed by atoms with Gasteiger partial charge in [-0.15, -0.1) is 0 Å². The standard InChI is InChI=1S/C20H24O4/c21-17-9-5-1-2-6-10(9)18(22)14-13(17)15-16(14)20(24)12-8-4-3-7-11(12)19(15)23/h9-16H,1-8H2. The highest BCUT2D eigenvalue weighted by Gasteiger charge is 2.70. The van der Waals surface area contributed by atoms with Crippen LogP contribution in [0.25, 0.3) is 0 Å². The van der Waals surface area contributed by atoms with E-state index in [9.17, 15) is 19.2 Å². The summed E-state index contributed by atoms with van der Waals surface area (Å²) in [6.45, 7) is 0.